The molecule has 0 aromatic carbocycles. The van der Waals surface area contributed by atoms with E-state index in [1.807, 2.05) is 13.8 Å². The van der Waals surface area contributed by atoms with Gasteiger partial charge in [-0.05, 0) is 18.8 Å². The number of amides is 1. The first-order valence-corrected chi connectivity index (χ1v) is 5.78. The van der Waals surface area contributed by atoms with E-state index in [4.69, 9.17) is 10.5 Å². The Morgan fingerprint density at radius 1 is 1.67 bits per heavy atom. The van der Waals surface area contributed by atoms with E-state index in [0.29, 0.717) is 6.61 Å². The molecule has 4 heteroatoms. The fourth-order valence-electron chi connectivity index (χ4n) is 1.66. The standard InChI is InChI=1S/C11H22N2O2/c1-3-8(2)10(12)11(14)13-9-5-4-6-15-7-9/h8-10H,3-7,12H2,1-2H3,(H,13,14)/t8-,9?,10-/m0/s1. The minimum atomic E-state index is -0.392. The number of ether oxygens (including phenoxy) is 1. The average Bonchev–Trinajstić information content (AvgIpc) is 2.28. The van der Waals surface area contributed by atoms with Gasteiger partial charge in [0.2, 0.25) is 5.91 Å². The van der Waals surface area contributed by atoms with Crippen molar-refractivity contribution in [3.63, 3.8) is 0 Å². The van der Waals surface area contributed by atoms with Crippen molar-refractivity contribution in [3.8, 4) is 0 Å². The fraction of sp³-hybridized carbons (Fsp3) is 0.909. The number of nitrogens with one attached hydrogen (secondary N) is 1. The van der Waals surface area contributed by atoms with Crippen molar-refractivity contribution in [1.82, 2.24) is 5.32 Å². The third-order valence-corrected chi connectivity index (χ3v) is 3.07. The summed E-state index contributed by atoms with van der Waals surface area (Å²) in [6.45, 7) is 5.48. The van der Waals surface area contributed by atoms with Gasteiger partial charge in [0.05, 0.1) is 18.7 Å². The van der Waals surface area contributed by atoms with Gasteiger partial charge in [-0.15, -0.1) is 0 Å². The van der Waals surface area contributed by atoms with Gasteiger partial charge in [0.25, 0.3) is 0 Å². The molecule has 1 heterocycles. The molecule has 1 rings (SSSR count). The predicted molar refractivity (Wildman–Crippen MR) is 59.4 cm³/mol. The number of hydrogen-bond donors (Lipinski definition) is 2. The maximum atomic E-state index is 11.7. The molecule has 1 aliphatic heterocycles. The quantitative estimate of drug-likeness (QED) is 0.722. The van der Waals surface area contributed by atoms with Gasteiger partial charge >= 0.3 is 0 Å². The van der Waals surface area contributed by atoms with Crippen molar-refractivity contribution in [3.05, 3.63) is 0 Å². The van der Waals surface area contributed by atoms with Crippen LogP contribution < -0.4 is 11.1 Å². The Bertz CT molecular complexity index is 203. The molecular formula is C11H22N2O2. The Kier molecular flexibility index (Phi) is 5.05. The highest BCUT2D eigenvalue weighted by atomic mass is 16.5. The highest BCUT2D eigenvalue weighted by Crippen LogP contribution is 2.09. The van der Waals surface area contributed by atoms with Crippen LogP contribution in [0, 0.1) is 5.92 Å². The van der Waals surface area contributed by atoms with Gasteiger partial charge in [0.15, 0.2) is 0 Å². The number of carbonyl (C=O) groups is 1. The van der Waals surface area contributed by atoms with Gasteiger partial charge in [0, 0.05) is 6.61 Å². The van der Waals surface area contributed by atoms with Crippen LogP contribution in [0.25, 0.3) is 0 Å². The van der Waals surface area contributed by atoms with Crippen molar-refractivity contribution in [2.45, 2.75) is 45.2 Å². The van der Waals surface area contributed by atoms with Gasteiger partial charge in [-0.2, -0.15) is 0 Å². The van der Waals surface area contributed by atoms with Crippen molar-refractivity contribution in [2.75, 3.05) is 13.2 Å². The van der Waals surface area contributed by atoms with E-state index in [1.54, 1.807) is 0 Å². The molecule has 0 spiro atoms. The summed E-state index contributed by atoms with van der Waals surface area (Å²) < 4.78 is 5.29. The molecule has 1 aliphatic rings. The molecular weight excluding hydrogens is 192 g/mol. The zero-order valence-electron chi connectivity index (χ0n) is 9.66. The average molecular weight is 214 g/mol. The first kappa shape index (κ1) is 12.5. The van der Waals surface area contributed by atoms with Gasteiger partial charge in [-0.1, -0.05) is 20.3 Å². The maximum Gasteiger partial charge on any atom is 0.237 e. The fourth-order valence-corrected chi connectivity index (χ4v) is 1.66. The number of rotatable bonds is 4. The summed E-state index contributed by atoms with van der Waals surface area (Å²) >= 11 is 0. The second-order valence-electron chi connectivity index (χ2n) is 4.33. The molecule has 0 aromatic rings. The lowest BCUT2D eigenvalue weighted by Gasteiger charge is -2.26. The van der Waals surface area contributed by atoms with Crippen molar-refractivity contribution in [1.29, 1.82) is 0 Å². The summed E-state index contributed by atoms with van der Waals surface area (Å²) in [6, 6.07) is -0.238. The first-order valence-electron chi connectivity index (χ1n) is 5.78. The smallest absolute Gasteiger partial charge is 0.237 e. The highest BCUT2D eigenvalue weighted by Gasteiger charge is 2.23. The predicted octanol–water partition coefficient (Wildman–Crippen LogP) is 0.655. The van der Waals surface area contributed by atoms with Crippen LogP contribution in [0.5, 0.6) is 0 Å². The zero-order valence-corrected chi connectivity index (χ0v) is 9.66. The Balaban J connectivity index is 2.33. The highest BCUT2D eigenvalue weighted by molar-refractivity contribution is 5.82. The first-order chi connectivity index (χ1) is 7.15. The van der Waals surface area contributed by atoms with Crippen molar-refractivity contribution >= 4 is 5.91 Å². The van der Waals surface area contributed by atoms with E-state index >= 15 is 0 Å². The van der Waals surface area contributed by atoms with Gasteiger partial charge in [-0.25, -0.2) is 0 Å². The summed E-state index contributed by atoms with van der Waals surface area (Å²) in [5, 5.41) is 2.94. The second-order valence-corrected chi connectivity index (χ2v) is 4.33. The molecule has 4 nitrogen and oxygen atoms in total. The van der Waals surface area contributed by atoms with Gasteiger partial charge in [-0.3, -0.25) is 4.79 Å². The Morgan fingerprint density at radius 2 is 2.40 bits per heavy atom. The molecule has 0 aromatic heterocycles. The monoisotopic (exact) mass is 214 g/mol. The van der Waals surface area contributed by atoms with Crippen LogP contribution >= 0.6 is 0 Å². The largest absolute Gasteiger partial charge is 0.379 e. The summed E-state index contributed by atoms with van der Waals surface area (Å²) in [5.74, 6) is 0.189. The summed E-state index contributed by atoms with van der Waals surface area (Å²) in [7, 11) is 0. The summed E-state index contributed by atoms with van der Waals surface area (Å²) in [5.41, 5.74) is 5.84. The molecule has 1 saturated heterocycles. The Hall–Kier alpha value is -0.610. The lowest BCUT2D eigenvalue weighted by Crippen LogP contribution is -2.50. The minimum Gasteiger partial charge on any atom is -0.379 e. The van der Waals surface area contributed by atoms with Crippen LogP contribution in [-0.4, -0.2) is 31.2 Å². The lowest BCUT2D eigenvalue weighted by molar-refractivity contribution is -0.125. The number of carbonyl (C=O) groups excluding carboxylic acids is 1. The molecule has 15 heavy (non-hydrogen) atoms. The Morgan fingerprint density at radius 3 is 2.93 bits per heavy atom. The van der Waals surface area contributed by atoms with Crippen LogP contribution in [0.3, 0.4) is 0 Å². The number of hydrogen-bond acceptors (Lipinski definition) is 3. The molecule has 0 bridgehead atoms. The van der Waals surface area contributed by atoms with E-state index in [2.05, 4.69) is 5.32 Å². The van der Waals surface area contributed by atoms with Crippen molar-refractivity contribution in [2.24, 2.45) is 11.7 Å². The maximum absolute atomic E-state index is 11.7. The van der Waals surface area contributed by atoms with Crippen LogP contribution in [0.2, 0.25) is 0 Å². The lowest BCUT2D eigenvalue weighted by atomic mass is 9.99. The van der Waals surface area contributed by atoms with Crippen molar-refractivity contribution < 1.29 is 9.53 Å². The van der Waals surface area contributed by atoms with Crippen LogP contribution in [0.1, 0.15) is 33.1 Å². The molecule has 0 aliphatic carbocycles. The molecule has 3 N–H and O–H groups in total. The van der Waals surface area contributed by atoms with E-state index < -0.39 is 6.04 Å². The van der Waals surface area contributed by atoms with Crippen LogP contribution in [-0.2, 0) is 9.53 Å². The molecule has 0 saturated carbocycles. The van der Waals surface area contributed by atoms with E-state index in [1.165, 1.54) is 0 Å². The molecule has 3 atom stereocenters. The molecule has 1 unspecified atom stereocenters. The third kappa shape index (κ3) is 3.80. The second kappa shape index (κ2) is 6.08. The molecule has 1 fully saturated rings. The Labute approximate surface area is 91.5 Å². The third-order valence-electron chi connectivity index (χ3n) is 3.07. The number of nitrogens with two attached hydrogens (primary N) is 1. The minimum absolute atomic E-state index is 0.0418. The zero-order chi connectivity index (χ0) is 11.3. The summed E-state index contributed by atoms with van der Waals surface area (Å²) in [6.07, 6.45) is 2.94. The van der Waals surface area contributed by atoms with Gasteiger partial charge < -0.3 is 15.8 Å². The SMILES string of the molecule is CC[C@H](C)[C@H](N)C(=O)NC1CCCOC1. The normalized spacial score (nSPS) is 25.7. The molecule has 0 radical (unpaired) electrons. The van der Waals surface area contributed by atoms with E-state index in [9.17, 15) is 4.79 Å². The van der Waals surface area contributed by atoms with Crippen LogP contribution in [0.15, 0.2) is 0 Å². The van der Waals surface area contributed by atoms with Gasteiger partial charge in [0.1, 0.15) is 0 Å². The van der Waals surface area contributed by atoms with E-state index in [0.717, 1.165) is 25.9 Å². The molecule has 88 valence electrons. The topological polar surface area (TPSA) is 64.4 Å². The summed E-state index contributed by atoms with van der Waals surface area (Å²) in [4.78, 5) is 11.7. The molecule has 1 amide bonds. The van der Waals surface area contributed by atoms with Crippen LogP contribution in [0.4, 0.5) is 0 Å². The van der Waals surface area contributed by atoms with E-state index in [-0.39, 0.29) is 17.9 Å².